The molecule has 1 saturated heterocycles. The van der Waals surface area contributed by atoms with Crippen molar-refractivity contribution in [2.24, 2.45) is 11.8 Å². The molecule has 0 spiro atoms. The van der Waals surface area contributed by atoms with Gasteiger partial charge in [0, 0.05) is 24.7 Å². The maximum atomic E-state index is 13.4. The fourth-order valence-electron chi connectivity index (χ4n) is 4.88. The van der Waals surface area contributed by atoms with Crippen molar-refractivity contribution in [3.05, 3.63) is 54.4 Å². The summed E-state index contributed by atoms with van der Waals surface area (Å²) in [5, 5.41) is 17.2. The van der Waals surface area contributed by atoms with Gasteiger partial charge in [0.25, 0.3) is 15.9 Å². The van der Waals surface area contributed by atoms with E-state index in [0.717, 1.165) is 0 Å². The molecular weight excluding hydrogens is 536 g/mol. The summed E-state index contributed by atoms with van der Waals surface area (Å²) in [5.41, 5.74) is 0.511. The lowest BCUT2D eigenvalue weighted by atomic mass is 9.98. The molecule has 40 heavy (non-hydrogen) atoms. The molecule has 2 aromatic heterocycles. The van der Waals surface area contributed by atoms with Crippen LogP contribution in [0, 0.1) is 11.8 Å². The molecule has 1 aliphatic heterocycles. The van der Waals surface area contributed by atoms with Crippen molar-refractivity contribution in [1.29, 1.82) is 0 Å². The summed E-state index contributed by atoms with van der Waals surface area (Å²) in [6.45, 7) is 5.71. The van der Waals surface area contributed by atoms with Crippen LogP contribution in [-0.2, 0) is 14.8 Å². The van der Waals surface area contributed by atoms with Crippen molar-refractivity contribution >= 4 is 32.8 Å². The molecule has 1 fully saturated rings. The van der Waals surface area contributed by atoms with E-state index in [1.54, 1.807) is 43.5 Å². The number of nitrogens with zero attached hydrogens (tertiary/aromatic N) is 2. The quantitative estimate of drug-likeness (QED) is 0.354. The van der Waals surface area contributed by atoms with E-state index in [0.29, 0.717) is 29.6 Å². The number of methoxy groups -OCH3 is 1. The highest BCUT2D eigenvalue weighted by molar-refractivity contribution is 7.89. The predicted octanol–water partition coefficient (Wildman–Crippen LogP) is 2.56. The second-order valence-electron chi connectivity index (χ2n) is 10.7. The van der Waals surface area contributed by atoms with Crippen molar-refractivity contribution in [1.82, 2.24) is 19.9 Å². The number of hydrogen-bond acceptors (Lipinski definition) is 8. The standard InChI is InChI=1S/C28H36N4O7S/c1-17(2)11-22(31-28(35)25-14-19-13-20(38-4)8-9-24(19)39-25)27(34)30-21-12-18(3)15-32(16-23(21)33)40(36,37)26-7-5-6-10-29-26/h5-10,13-14,17-18,21-23,33H,11-12,15-16H2,1-4H3,(H,30,34)(H,31,35)/t18-,21-,22+,23-/m1/s1. The van der Waals surface area contributed by atoms with E-state index < -0.39 is 40.0 Å². The minimum absolute atomic E-state index is 0.0586. The number of benzene rings is 1. The van der Waals surface area contributed by atoms with Gasteiger partial charge in [-0.05, 0) is 61.1 Å². The molecule has 0 bridgehead atoms. The highest BCUT2D eigenvalue weighted by Crippen LogP contribution is 2.25. The molecule has 0 radical (unpaired) electrons. The summed E-state index contributed by atoms with van der Waals surface area (Å²) in [6.07, 6.45) is 0.950. The predicted molar refractivity (Wildman–Crippen MR) is 148 cm³/mol. The van der Waals surface area contributed by atoms with E-state index in [1.165, 1.54) is 16.6 Å². The third kappa shape index (κ3) is 6.80. The number of aromatic nitrogens is 1. The average Bonchev–Trinajstić information content (AvgIpc) is 3.29. The Kier molecular flexibility index (Phi) is 9.12. The maximum absolute atomic E-state index is 13.4. The van der Waals surface area contributed by atoms with E-state index in [1.807, 2.05) is 20.8 Å². The Morgan fingerprint density at radius 2 is 1.98 bits per heavy atom. The Labute approximate surface area is 234 Å². The molecule has 3 N–H and O–H groups in total. The summed E-state index contributed by atoms with van der Waals surface area (Å²) >= 11 is 0. The Morgan fingerprint density at radius 1 is 1.20 bits per heavy atom. The van der Waals surface area contributed by atoms with Crippen LogP contribution in [0.4, 0.5) is 0 Å². The molecule has 12 heteroatoms. The van der Waals surface area contributed by atoms with Crippen LogP contribution in [0.2, 0.25) is 0 Å². The summed E-state index contributed by atoms with van der Waals surface area (Å²) in [5.74, 6) is -0.404. The van der Waals surface area contributed by atoms with Gasteiger partial charge in [-0.2, -0.15) is 4.31 Å². The molecule has 216 valence electrons. The molecule has 11 nitrogen and oxygen atoms in total. The van der Waals surface area contributed by atoms with Crippen molar-refractivity contribution < 1.29 is 32.3 Å². The SMILES string of the molecule is COc1ccc2oc(C(=O)N[C@@H](CC(C)C)C(=O)N[C@@H]3C[C@@H](C)CN(S(=O)(=O)c4ccccn4)C[C@H]3O)cc2c1. The Hall–Kier alpha value is -3.48. The number of carbonyl (C=O) groups is 2. The van der Waals surface area contributed by atoms with E-state index in [4.69, 9.17) is 9.15 Å². The van der Waals surface area contributed by atoms with Gasteiger partial charge in [0.2, 0.25) is 5.91 Å². The first-order valence-corrected chi connectivity index (χ1v) is 14.7. The largest absolute Gasteiger partial charge is 0.497 e. The highest BCUT2D eigenvalue weighted by atomic mass is 32.2. The zero-order valence-electron chi connectivity index (χ0n) is 23.0. The molecule has 4 atom stereocenters. The minimum atomic E-state index is -3.92. The number of hydrogen-bond donors (Lipinski definition) is 3. The fourth-order valence-corrected chi connectivity index (χ4v) is 6.39. The van der Waals surface area contributed by atoms with Gasteiger partial charge >= 0.3 is 0 Å². The van der Waals surface area contributed by atoms with Crippen LogP contribution >= 0.6 is 0 Å². The lowest BCUT2D eigenvalue weighted by Crippen LogP contribution is -2.54. The normalized spacial score (nSPS) is 21.1. The van der Waals surface area contributed by atoms with Crippen LogP contribution < -0.4 is 15.4 Å². The molecule has 1 aliphatic rings. The number of rotatable bonds is 9. The zero-order valence-corrected chi connectivity index (χ0v) is 23.8. The number of sulfonamides is 1. The first-order valence-electron chi connectivity index (χ1n) is 13.3. The molecule has 4 rings (SSSR count). The first-order chi connectivity index (χ1) is 19.0. The van der Waals surface area contributed by atoms with Gasteiger partial charge in [-0.15, -0.1) is 0 Å². The van der Waals surface area contributed by atoms with Gasteiger partial charge in [0.05, 0.1) is 19.3 Å². The topological polar surface area (TPSA) is 151 Å². The molecule has 0 aliphatic carbocycles. The number of amides is 2. The third-order valence-corrected chi connectivity index (χ3v) is 8.62. The molecule has 3 heterocycles. The molecule has 2 amide bonds. The summed E-state index contributed by atoms with van der Waals surface area (Å²) in [6, 6.07) is 9.79. The molecule has 0 unspecified atom stereocenters. The first kappa shape index (κ1) is 29.5. The van der Waals surface area contributed by atoms with E-state index in [9.17, 15) is 23.1 Å². The van der Waals surface area contributed by atoms with Crippen LogP contribution in [0.1, 0.15) is 44.2 Å². The highest BCUT2D eigenvalue weighted by Gasteiger charge is 2.37. The molecular formula is C28H36N4O7S. The van der Waals surface area contributed by atoms with Crippen molar-refractivity contribution in [3.8, 4) is 5.75 Å². The second kappa shape index (κ2) is 12.4. The minimum Gasteiger partial charge on any atom is -0.497 e. The van der Waals surface area contributed by atoms with Gasteiger partial charge in [0.15, 0.2) is 10.8 Å². The summed E-state index contributed by atoms with van der Waals surface area (Å²) in [7, 11) is -2.37. The number of aliphatic hydroxyl groups is 1. The van der Waals surface area contributed by atoms with Crippen molar-refractivity contribution in [2.75, 3.05) is 20.2 Å². The number of furan rings is 1. The molecule has 1 aromatic carbocycles. The van der Waals surface area contributed by atoms with Gasteiger partial charge < -0.3 is 24.9 Å². The lowest BCUT2D eigenvalue weighted by molar-refractivity contribution is -0.125. The van der Waals surface area contributed by atoms with Crippen LogP contribution in [0.5, 0.6) is 5.75 Å². The Balaban J connectivity index is 1.47. The zero-order chi connectivity index (χ0) is 29.0. The van der Waals surface area contributed by atoms with Gasteiger partial charge in [0.1, 0.15) is 17.4 Å². The Bertz CT molecular complexity index is 1440. The number of pyridine rings is 1. The van der Waals surface area contributed by atoms with Crippen molar-refractivity contribution in [2.45, 2.75) is 56.8 Å². The number of aliphatic hydroxyl groups excluding tert-OH is 1. The second-order valence-corrected chi connectivity index (χ2v) is 12.6. The van der Waals surface area contributed by atoms with E-state index in [2.05, 4.69) is 15.6 Å². The summed E-state index contributed by atoms with van der Waals surface area (Å²) < 4.78 is 38.4. The van der Waals surface area contributed by atoms with Crippen LogP contribution in [0.15, 0.2) is 58.1 Å². The third-order valence-electron chi connectivity index (χ3n) is 6.87. The lowest BCUT2D eigenvalue weighted by Gasteiger charge is -2.27. The molecule has 3 aromatic rings. The fraction of sp³-hybridized carbons (Fsp3) is 0.464. The van der Waals surface area contributed by atoms with Gasteiger partial charge in [-0.1, -0.05) is 26.8 Å². The number of nitrogens with one attached hydrogen (secondary N) is 2. The van der Waals surface area contributed by atoms with E-state index >= 15 is 0 Å². The van der Waals surface area contributed by atoms with Crippen LogP contribution in [0.3, 0.4) is 0 Å². The van der Waals surface area contributed by atoms with Gasteiger partial charge in [-0.3, -0.25) is 9.59 Å². The number of β-amino-alcohol motifs (C(OH)–C–C–N with tert-alkyl or cyclic N) is 1. The smallest absolute Gasteiger partial charge is 0.287 e. The van der Waals surface area contributed by atoms with E-state index in [-0.39, 0.29) is 35.7 Å². The number of carbonyl (C=O) groups excluding carboxylic acids is 2. The van der Waals surface area contributed by atoms with Crippen molar-refractivity contribution in [3.63, 3.8) is 0 Å². The summed E-state index contributed by atoms with van der Waals surface area (Å²) in [4.78, 5) is 30.4. The number of ether oxygens (including phenoxy) is 1. The number of fused-ring (bicyclic) bond motifs is 1. The molecule has 0 saturated carbocycles. The van der Waals surface area contributed by atoms with Crippen LogP contribution in [0.25, 0.3) is 11.0 Å². The Morgan fingerprint density at radius 3 is 2.65 bits per heavy atom. The average molecular weight is 573 g/mol. The van der Waals surface area contributed by atoms with Crippen LogP contribution in [-0.4, -0.2) is 73.0 Å². The maximum Gasteiger partial charge on any atom is 0.287 e. The van der Waals surface area contributed by atoms with Gasteiger partial charge in [-0.25, -0.2) is 13.4 Å². The monoisotopic (exact) mass is 572 g/mol.